The zero-order valence-corrected chi connectivity index (χ0v) is 14.3. The number of ether oxygens (including phenoxy) is 1. The van der Waals surface area contributed by atoms with Crippen LogP contribution in [0.25, 0.3) is 0 Å². The molecule has 0 saturated heterocycles. The van der Waals surface area contributed by atoms with Gasteiger partial charge >= 0.3 is 0 Å². The summed E-state index contributed by atoms with van der Waals surface area (Å²) in [5, 5.41) is 3.28. The molecule has 0 heterocycles. The molecular formula is C14H10Br2ClNO2. The molecule has 0 aliphatic carbocycles. The molecule has 0 aliphatic heterocycles. The highest BCUT2D eigenvalue weighted by Gasteiger charge is 2.11. The van der Waals surface area contributed by atoms with Crippen LogP contribution in [0.15, 0.2) is 45.3 Å². The number of hydrogen-bond acceptors (Lipinski definition) is 2. The van der Waals surface area contributed by atoms with Crippen molar-refractivity contribution in [1.29, 1.82) is 0 Å². The Morgan fingerprint density at radius 1 is 1.20 bits per heavy atom. The number of carbonyl (C=O) groups excluding carboxylic acids is 1. The van der Waals surface area contributed by atoms with E-state index < -0.39 is 0 Å². The van der Waals surface area contributed by atoms with E-state index in [9.17, 15) is 4.79 Å². The van der Waals surface area contributed by atoms with Crippen LogP contribution in [0.1, 0.15) is 10.4 Å². The molecule has 3 nitrogen and oxygen atoms in total. The van der Waals surface area contributed by atoms with E-state index in [0.29, 0.717) is 22.0 Å². The fourth-order valence-corrected chi connectivity index (χ4v) is 2.40. The van der Waals surface area contributed by atoms with Gasteiger partial charge in [-0.3, -0.25) is 4.79 Å². The number of amides is 1. The SMILES string of the molecule is COc1ccc(Br)cc1NC(=O)c1ccc(Br)c(Cl)c1. The molecule has 0 atom stereocenters. The van der Waals surface area contributed by atoms with Crippen LogP contribution in [0, 0.1) is 0 Å². The van der Waals surface area contributed by atoms with Gasteiger partial charge in [0, 0.05) is 14.5 Å². The van der Waals surface area contributed by atoms with E-state index in [0.717, 1.165) is 8.95 Å². The lowest BCUT2D eigenvalue weighted by atomic mass is 10.2. The predicted molar refractivity (Wildman–Crippen MR) is 87.8 cm³/mol. The van der Waals surface area contributed by atoms with E-state index in [1.54, 1.807) is 37.4 Å². The van der Waals surface area contributed by atoms with Crippen LogP contribution < -0.4 is 10.1 Å². The summed E-state index contributed by atoms with van der Waals surface area (Å²) in [6.45, 7) is 0. The number of halogens is 3. The Labute approximate surface area is 138 Å². The van der Waals surface area contributed by atoms with E-state index in [-0.39, 0.29) is 5.91 Å². The summed E-state index contributed by atoms with van der Waals surface area (Å²) in [6, 6.07) is 10.4. The smallest absolute Gasteiger partial charge is 0.255 e. The average Bonchev–Trinajstić information content (AvgIpc) is 2.42. The van der Waals surface area contributed by atoms with Gasteiger partial charge in [0.1, 0.15) is 5.75 Å². The quantitative estimate of drug-likeness (QED) is 0.749. The Kier molecular flexibility index (Phi) is 5.07. The third-order valence-corrected chi connectivity index (χ3v) is 4.32. The molecule has 20 heavy (non-hydrogen) atoms. The lowest BCUT2D eigenvalue weighted by molar-refractivity contribution is 0.102. The van der Waals surface area contributed by atoms with Gasteiger partial charge in [0.25, 0.3) is 5.91 Å². The number of benzene rings is 2. The summed E-state index contributed by atoms with van der Waals surface area (Å²) in [7, 11) is 1.55. The summed E-state index contributed by atoms with van der Waals surface area (Å²) in [6.07, 6.45) is 0. The van der Waals surface area contributed by atoms with Crippen molar-refractivity contribution in [2.75, 3.05) is 12.4 Å². The molecule has 0 fully saturated rings. The first-order chi connectivity index (χ1) is 9.51. The van der Waals surface area contributed by atoms with Crippen molar-refractivity contribution in [3.8, 4) is 5.75 Å². The predicted octanol–water partition coefficient (Wildman–Crippen LogP) is 5.13. The maximum atomic E-state index is 12.2. The number of nitrogens with one attached hydrogen (secondary N) is 1. The second kappa shape index (κ2) is 6.61. The van der Waals surface area contributed by atoms with Gasteiger partial charge in [0.2, 0.25) is 0 Å². The molecule has 0 bridgehead atoms. The van der Waals surface area contributed by atoms with Crippen molar-refractivity contribution < 1.29 is 9.53 Å². The van der Waals surface area contributed by atoms with Crippen LogP contribution in [0.5, 0.6) is 5.75 Å². The molecule has 2 aromatic carbocycles. The van der Waals surface area contributed by atoms with Crippen LogP contribution in [-0.4, -0.2) is 13.0 Å². The second-order valence-electron chi connectivity index (χ2n) is 3.93. The largest absolute Gasteiger partial charge is 0.495 e. The van der Waals surface area contributed by atoms with E-state index in [1.807, 2.05) is 6.07 Å². The molecule has 104 valence electrons. The van der Waals surface area contributed by atoms with Crippen LogP contribution in [0.3, 0.4) is 0 Å². The van der Waals surface area contributed by atoms with Crippen molar-refractivity contribution in [3.63, 3.8) is 0 Å². The highest BCUT2D eigenvalue weighted by molar-refractivity contribution is 9.10. The maximum Gasteiger partial charge on any atom is 0.255 e. The molecule has 0 radical (unpaired) electrons. The van der Waals surface area contributed by atoms with Crippen LogP contribution in [0.2, 0.25) is 5.02 Å². The molecule has 6 heteroatoms. The number of methoxy groups -OCH3 is 1. The van der Waals surface area contributed by atoms with Crippen LogP contribution in [-0.2, 0) is 0 Å². The van der Waals surface area contributed by atoms with Gasteiger partial charge in [-0.25, -0.2) is 0 Å². The van der Waals surface area contributed by atoms with E-state index in [1.165, 1.54) is 0 Å². The molecule has 1 N–H and O–H groups in total. The third-order valence-electron chi connectivity index (χ3n) is 2.59. The second-order valence-corrected chi connectivity index (χ2v) is 6.10. The highest BCUT2D eigenvalue weighted by atomic mass is 79.9. The van der Waals surface area contributed by atoms with Gasteiger partial charge < -0.3 is 10.1 Å². The summed E-state index contributed by atoms with van der Waals surface area (Å²) in [5.74, 6) is 0.334. The molecule has 1 amide bonds. The number of rotatable bonds is 3. The Bertz CT molecular complexity index is 662. The van der Waals surface area contributed by atoms with Crippen LogP contribution >= 0.6 is 43.5 Å². The molecule has 0 saturated carbocycles. The van der Waals surface area contributed by atoms with Crippen molar-refractivity contribution in [2.24, 2.45) is 0 Å². The van der Waals surface area contributed by atoms with E-state index in [4.69, 9.17) is 16.3 Å². The Hall–Kier alpha value is -1.04. The topological polar surface area (TPSA) is 38.3 Å². The van der Waals surface area contributed by atoms with Crippen molar-refractivity contribution in [3.05, 3.63) is 55.9 Å². The maximum absolute atomic E-state index is 12.2. The lowest BCUT2D eigenvalue weighted by Crippen LogP contribution is -2.12. The number of carbonyl (C=O) groups is 1. The summed E-state index contributed by atoms with van der Waals surface area (Å²) in [4.78, 5) is 12.2. The van der Waals surface area contributed by atoms with Gasteiger partial charge in [-0.15, -0.1) is 0 Å². The standard InChI is InChI=1S/C14H10Br2ClNO2/c1-20-13-5-3-9(15)7-12(13)18-14(19)8-2-4-10(16)11(17)6-8/h2-7H,1H3,(H,18,19). The fourth-order valence-electron chi connectivity index (χ4n) is 1.61. The summed E-state index contributed by atoms with van der Waals surface area (Å²) < 4.78 is 6.81. The minimum absolute atomic E-state index is 0.254. The van der Waals surface area contributed by atoms with E-state index in [2.05, 4.69) is 37.2 Å². The first kappa shape index (κ1) is 15.4. The Morgan fingerprint density at radius 3 is 2.60 bits per heavy atom. The summed E-state index contributed by atoms with van der Waals surface area (Å²) >= 11 is 12.6. The molecular weight excluding hydrogens is 409 g/mol. The molecule has 0 aliphatic rings. The van der Waals surface area contributed by atoms with Gasteiger partial charge in [-0.1, -0.05) is 27.5 Å². The fraction of sp³-hybridized carbons (Fsp3) is 0.0714. The minimum Gasteiger partial charge on any atom is -0.495 e. The van der Waals surface area contributed by atoms with Crippen molar-refractivity contribution in [1.82, 2.24) is 0 Å². The minimum atomic E-state index is -0.254. The Balaban J connectivity index is 2.27. The van der Waals surface area contributed by atoms with Gasteiger partial charge in [0.05, 0.1) is 17.8 Å². The van der Waals surface area contributed by atoms with Crippen molar-refractivity contribution >= 4 is 55.1 Å². The lowest BCUT2D eigenvalue weighted by Gasteiger charge is -2.11. The molecule has 0 aromatic heterocycles. The molecule has 2 rings (SSSR count). The normalized spacial score (nSPS) is 10.2. The van der Waals surface area contributed by atoms with Gasteiger partial charge in [-0.05, 0) is 52.3 Å². The first-order valence-electron chi connectivity index (χ1n) is 5.61. The first-order valence-corrected chi connectivity index (χ1v) is 7.57. The zero-order valence-electron chi connectivity index (χ0n) is 10.4. The number of anilines is 1. The molecule has 0 spiro atoms. The average molecular weight is 420 g/mol. The van der Waals surface area contributed by atoms with Gasteiger partial charge in [-0.2, -0.15) is 0 Å². The van der Waals surface area contributed by atoms with E-state index >= 15 is 0 Å². The van der Waals surface area contributed by atoms with Crippen LogP contribution in [0.4, 0.5) is 5.69 Å². The third kappa shape index (κ3) is 3.53. The Morgan fingerprint density at radius 2 is 1.95 bits per heavy atom. The molecule has 0 unspecified atom stereocenters. The monoisotopic (exact) mass is 417 g/mol. The van der Waals surface area contributed by atoms with Crippen molar-refractivity contribution in [2.45, 2.75) is 0 Å². The number of hydrogen-bond donors (Lipinski definition) is 1. The summed E-state index contributed by atoms with van der Waals surface area (Å²) in [5.41, 5.74) is 1.06. The highest BCUT2D eigenvalue weighted by Crippen LogP contribution is 2.29. The van der Waals surface area contributed by atoms with Gasteiger partial charge in [0.15, 0.2) is 0 Å². The zero-order chi connectivity index (χ0) is 14.7. The molecule has 2 aromatic rings.